The van der Waals surface area contributed by atoms with Crippen LogP contribution in [0.2, 0.25) is 0 Å². The third kappa shape index (κ3) is 3.75. The van der Waals surface area contributed by atoms with Crippen LogP contribution >= 0.6 is 0 Å². The predicted molar refractivity (Wildman–Crippen MR) is 112 cm³/mol. The SMILES string of the molecule is COc1cc(O)c2c(=O)cc(-c3ccc(O)c(O)c3)oc2c1[C@@H]1O[C@@H](CO)[C@H](O)[C@@H](O)[C@@H]1O. The number of fused-ring (bicyclic) bond motifs is 1. The van der Waals surface area contributed by atoms with Gasteiger partial charge in [0.25, 0.3) is 0 Å². The van der Waals surface area contributed by atoms with Gasteiger partial charge in [-0.1, -0.05) is 0 Å². The summed E-state index contributed by atoms with van der Waals surface area (Å²) in [5.41, 5.74) is -0.758. The van der Waals surface area contributed by atoms with Crippen molar-refractivity contribution in [1.29, 1.82) is 0 Å². The predicted octanol–water partition coefficient (Wildman–Crippen LogP) is 0.100. The van der Waals surface area contributed by atoms with E-state index < -0.39 is 54.1 Å². The molecule has 0 aliphatic carbocycles. The molecule has 176 valence electrons. The summed E-state index contributed by atoms with van der Waals surface area (Å²) in [4.78, 5) is 12.9. The zero-order valence-electron chi connectivity index (χ0n) is 17.2. The largest absolute Gasteiger partial charge is 0.507 e. The van der Waals surface area contributed by atoms with Crippen molar-refractivity contribution in [2.45, 2.75) is 30.5 Å². The Labute approximate surface area is 185 Å². The molecular weight excluding hydrogens is 440 g/mol. The molecule has 0 amide bonds. The lowest BCUT2D eigenvalue weighted by Crippen LogP contribution is -2.55. The number of aliphatic hydroxyl groups is 4. The quantitative estimate of drug-likeness (QED) is 0.260. The number of rotatable bonds is 4. The number of phenolic OH excluding ortho intramolecular Hbond substituents is 3. The van der Waals surface area contributed by atoms with E-state index in [0.717, 1.165) is 18.2 Å². The smallest absolute Gasteiger partial charge is 0.197 e. The van der Waals surface area contributed by atoms with Crippen LogP contribution in [0.15, 0.2) is 39.5 Å². The molecule has 11 heteroatoms. The Bertz CT molecular complexity index is 1250. The van der Waals surface area contributed by atoms with E-state index in [9.17, 15) is 40.5 Å². The van der Waals surface area contributed by atoms with Crippen LogP contribution in [0, 0.1) is 0 Å². The summed E-state index contributed by atoms with van der Waals surface area (Å²) in [6.07, 6.45) is -7.70. The van der Waals surface area contributed by atoms with E-state index in [-0.39, 0.29) is 39.4 Å². The van der Waals surface area contributed by atoms with Crippen molar-refractivity contribution in [3.05, 3.63) is 46.1 Å². The second-order valence-electron chi connectivity index (χ2n) is 7.64. The van der Waals surface area contributed by atoms with Crippen LogP contribution in [0.3, 0.4) is 0 Å². The highest BCUT2D eigenvalue weighted by atomic mass is 16.5. The van der Waals surface area contributed by atoms with Gasteiger partial charge in [0.05, 0.1) is 19.3 Å². The summed E-state index contributed by atoms with van der Waals surface area (Å²) >= 11 is 0. The Balaban J connectivity index is 2.00. The van der Waals surface area contributed by atoms with E-state index >= 15 is 0 Å². The maximum absolute atomic E-state index is 12.9. The molecule has 0 bridgehead atoms. The normalized spacial score (nSPS) is 25.3. The zero-order chi connectivity index (χ0) is 24.0. The van der Waals surface area contributed by atoms with Gasteiger partial charge >= 0.3 is 0 Å². The Kier molecular flexibility index (Phi) is 5.91. The third-order valence-electron chi connectivity index (χ3n) is 5.64. The van der Waals surface area contributed by atoms with Crippen LogP contribution in [-0.2, 0) is 4.74 Å². The van der Waals surface area contributed by atoms with Gasteiger partial charge in [0.15, 0.2) is 22.5 Å². The van der Waals surface area contributed by atoms with Gasteiger partial charge in [-0.05, 0) is 18.2 Å². The summed E-state index contributed by atoms with van der Waals surface area (Å²) in [5.74, 6) is -1.44. The van der Waals surface area contributed by atoms with E-state index in [0.29, 0.717) is 0 Å². The van der Waals surface area contributed by atoms with Gasteiger partial charge in [0.1, 0.15) is 53.2 Å². The molecule has 11 nitrogen and oxygen atoms in total. The van der Waals surface area contributed by atoms with Crippen LogP contribution in [0.4, 0.5) is 0 Å². The Hall–Kier alpha value is -3.35. The van der Waals surface area contributed by atoms with Gasteiger partial charge in [0, 0.05) is 17.7 Å². The van der Waals surface area contributed by atoms with Crippen LogP contribution < -0.4 is 10.2 Å². The summed E-state index contributed by atoms with van der Waals surface area (Å²) in [6, 6.07) is 5.91. The summed E-state index contributed by atoms with van der Waals surface area (Å²) in [6.45, 7) is -0.679. The molecule has 33 heavy (non-hydrogen) atoms. The number of hydrogen-bond donors (Lipinski definition) is 7. The topological polar surface area (TPSA) is 190 Å². The fraction of sp³-hybridized carbons (Fsp3) is 0.318. The summed E-state index contributed by atoms with van der Waals surface area (Å²) in [5, 5.41) is 70.1. The minimum atomic E-state index is -1.71. The minimum Gasteiger partial charge on any atom is -0.507 e. The first-order valence-electron chi connectivity index (χ1n) is 9.88. The number of aromatic hydroxyl groups is 3. The highest BCUT2D eigenvalue weighted by Crippen LogP contribution is 2.44. The van der Waals surface area contributed by atoms with Gasteiger partial charge in [-0.25, -0.2) is 0 Å². The Morgan fingerprint density at radius 2 is 1.67 bits per heavy atom. The van der Waals surface area contributed by atoms with E-state index in [1.165, 1.54) is 19.2 Å². The van der Waals surface area contributed by atoms with Crippen LogP contribution in [0.1, 0.15) is 11.7 Å². The van der Waals surface area contributed by atoms with Gasteiger partial charge in [-0.15, -0.1) is 0 Å². The number of phenols is 3. The number of hydrogen-bond acceptors (Lipinski definition) is 11. The number of benzene rings is 2. The Morgan fingerprint density at radius 1 is 0.939 bits per heavy atom. The standard InChI is InChI=1S/C22H22O11/c1-31-14-6-12(27)16-11(26)5-13(8-2-3-9(24)10(25)4-8)32-21(16)17(14)22-20(30)19(29)18(28)15(7-23)33-22/h2-6,15,18-20,22-25,27-30H,7H2,1H3/t15-,18-,19+,20-,22-/m0/s1. The van der Waals surface area contributed by atoms with Crippen molar-refractivity contribution in [3.63, 3.8) is 0 Å². The summed E-state index contributed by atoms with van der Waals surface area (Å²) in [7, 11) is 1.26. The first-order valence-corrected chi connectivity index (χ1v) is 9.88. The van der Waals surface area contributed by atoms with Crippen molar-refractivity contribution in [3.8, 4) is 34.3 Å². The van der Waals surface area contributed by atoms with Crippen molar-refractivity contribution >= 4 is 11.0 Å². The first-order chi connectivity index (χ1) is 15.7. The Morgan fingerprint density at radius 3 is 2.30 bits per heavy atom. The molecule has 0 spiro atoms. The lowest BCUT2D eigenvalue weighted by molar-refractivity contribution is -0.231. The lowest BCUT2D eigenvalue weighted by Gasteiger charge is -2.40. The molecule has 0 radical (unpaired) electrons. The van der Waals surface area contributed by atoms with E-state index in [2.05, 4.69) is 0 Å². The maximum atomic E-state index is 12.9. The second kappa shape index (κ2) is 8.54. The molecule has 1 aliphatic rings. The highest BCUT2D eigenvalue weighted by molar-refractivity contribution is 5.89. The molecule has 5 atom stereocenters. The van der Waals surface area contributed by atoms with Gasteiger partial charge < -0.3 is 49.6 Å². The fourth-order valence-electron chi connectivity index (χ4n) is 3.91. The number of methoxy groups -OCH3 is 1. The molecular formula is C22H22O11. The molecule has 0 saturated carbocycles. The molecule has 2 aromatic carbocycles. The van der Waals surface area contributed by atoms with Crippen molar-refractivity contribution in [2.75, 3.05) is 13.7 Å². The minimum absolute atomic E-state index is 0.0517. The van der Waals surface area contributed by atoms with Crippen molar-refractivity contribution in [1.82, 2.24) is 0 Å². The average molecular weight is 462 g/mol. The average Bonchev–Trinajstić information content (AvgIpc) is 2.79. The highest BCUT2D eigenvalue weighted by Gasteiger charge is 2.46. The van der Waals surface area contributed by atoms with Gasteiger partial charge in [-0.2, -0.15) is 0 Å². The van der Waals surface area contributed by atoms with Crippen molar-refractivity contribution < 1.29 is 49.6 Å². The fourth-order valence-corrected chi connectivity index (χ4v) is 3.91. The molecule has 1 saturated heterocycles. The van der Waals surface area contributed by atoms with Crippen LogP contribution in [0.5, 0.6) is 23.0 Å². The second-order valence-corrected chi connectivity index (χ2v) is 7.64. The van der Waals surface area contributed by atoms with Crippen LogP contribution in [-0.4, -0.2) is 73.9 Å². The molecule has 1 aromatic heterocycles. The number of aliphatic hydroxyl groups excluding tert-OH is 4. The van der Waals surface area contributed by atoms with E-state index in [1.54, 1.807) is 0 Å². The molecule has 3 aromatic rings. The molecule has 1 fully saturated rings. The molecule has 4 rings (SSSR count). The van der Waals surface area contributed by atoms with Crippen LogP contribution in [0.25, 0.3) is 22.3 Å². The monoisotopic (exact) mass is 462 g/mol. The lowest BCUT2D eigenvalue weighted by atomic mass is 9.89. The number of ether oxygens (including phenoxy) is 2. The van der Waals surface area contributed by atoms with E-state index in [4.69, 9.17) is 13.9 Å². The molecule has 2 heterocycles. The maximum Gasteiger partial charge on any atom is 0.197 e. The first kappa shape index (κ1) is 22.8. The van der Waals surface area contributed by atoms with Gasteiger partial charge in [-0.3, -0.25) is 4.79 Å². The van der Waals surface area contributed by atoms with Gasteiger partial charge in [0.2, 0.25) is 0 Å². The third-order valence-corrected chi connectivity index (χ3v) is 5.64. The molecule has 7 N–H and O–H groups in total. The molecule has 1 aliphatic heterocycles. The van der Waals surface area contributed by atoms with E-state index in [1.807, 2.05) is 0 Å². The van der Waals surface area contributed by atoms with Crippen molar-refractivity contribution in [2.24, 2.45) is 0 Å². The summed E-state index contributed by atoms with van der Waals surface area (Å²) < 4.78 is 16.8. The zero-order valence-corrected chi connectivity index (χ0v) is 17.2. The molecule has 0 unspecified atom stereocenters.